The molecule has 0 saturated carbocycles. The highest BCUT2D eigenvalue weighted by atomic mass is 32.1. The van der Waals surface area contributed by atoms with E-state index in [0.29, 0.717) is 13.1 Å². The zero-order valence-electron chi connectivity index (χ0n) is 12.4. The van der Waals surface area contributed by atoms with Gasteiger partial charge in [0.25, 0.3) is 0 Å². The van der Waals surface area contributed by atoms with Crippen LogP contribution < -0.4 is 5.32 Å². The fraction of sp³-hybridized carbons (Fsp3) is 0.353. The first-order valence-corrected chi connectivity index (χ1v) is 8.44. The SMILES string of the molecule is O=C(Nc1ccccc1)N(Cc1cccs1)CC1CCCO1. The molecule has 1 aromatic heterocycles. The largest absolute Gasteiger partial charge is 0.376 e. The normalized spacial score (nSPS) is 17.4. The highest BCUT2D eigenvalue weighted by Crippen LogP contribution is 2.18. The molecule has 0 spiro atoms. The van der Waals surface area contributed by atoms with Crippen LogP contribution in [0.1, 0.15) is 17.7 Å². The Labute approximate surface area is 134 Å². The standard InChI is InChI=1S/C17H20N2O2S/c20-17(18-14-6-2-1-3-7-14)19(12-15-8-4-10-21-15)13-16-9-5-11-22-16/h1-3,5-7,9,11,15H,4,8,10,12-13H2,(H,18,20). The van der Waals surface area contributed by atoms with Crippen LogP contribution in [0.2, 0.25) is 0 Å². The Morgan fingerprint density at radius 1 is 1.27 bits per heavy atom. The maximum absolute atomic E-state index is 12.6. The molecule has 2 aromatic rings. The molecule has 0 aliphatic carbocycles. The predicted octanol–water partition coefficient (Wildman–Crippen LogP) is 3.96. The Morgan fingerprint density at radius 3 is 2.82 bits per heavy atom. The molecule has 0 bridgehead atoms. The lowest BCUT2D eigenvalue weighted by Crippen LogP contribution is -2.39. The van der Waals surface area contributed by atoms with Crippen molar-refractivity contribution in [3.8, 4) is 0 Å². The van der Waals surface area contributed by atoms with Crippen LogP contribution in [-0.2, 0) is 11.3 Å². The summed E-state index contributed by atoms with van der Waals surface area (Å²) in [7, 11) is 0. The first-order valence-electron chi connectivity index (χ1n) is 7.56. The Balaban J connectivity index is 1.67. The first-order chi connectivity index (χ1) is 10.8. The number of amides is 2. The van der Waals surface area contributed by atoms with Crippen molar-refractivity contribution in [1.82, 2.24) is 4.90 Å². The molecular weight excluding hydrogens is 296 g/mol. The second-order valence-corrected chi connectivity index (χ2v) is 6.42. The fourth-order valence-electron chi connectivity index (χ4n) is 2.57. The van der Waals surface area contributed by atoms with Crippen LogP contribution in [0.25, 0.3) is 0 Å². The third-order valence-corrected chi connectivity index (χ3v) is 4.55. The van der Waals surface area contributed by atoms with Crippen LogP contribution in [0, 0.1) is 0 Å². The summed E-state index contributed by atoms with van der Waals surface area (Å²) in [5.74, 6) is 0. The molecule has 1 N–H and O–H groups in total. The third-order valence-electron chi connectivity index (χ3n) is 3.69. The van der Waals surface area contributed by atoms with Crippen molar-refractivity contribution in [3.63, 3.8) is 0 Å². The second-order valence-electron chi connectivity index (χ2n) is 5.39. The van der Waals surface area contributed by atoms with Crippen molar-refractivity contribution in [2.24, 2.45) is 0 Å². The fourth-order valence-corrected chi connectivity index (χ4v) is 3.29. The summed E-state index contributed by atoms with van der Waals surface area (Å²) in [4.78, 5) is 15.6. The van der Waals surface area contributed by atoms with Gasteiger partial charge in [-0.1, -0.05) is 24.3 Å². The summed E-state index contributed by atoms with van der Waals surface area (Å²) in [5.41, 5.74) is 0.816. The first kappa shape index (κ1) is 15.1. The molecule has 2 amide bonds. The van der Waals surface area contributed by atoms with E-state index in [1.54, 1.807) is 11.3 Å². The highest BCUT2D eigenvalue weighted by molar-refractivity contribution is 7.09. The van der Waals surface area contributed by atoms with E-state index in [4.69, 9.17) is 4.74 Å². The number of hydrogen-bond acceptors (Lipinski definition) is 3. The maximum Gasteiger partial charge on any atom is 0.322 e. The molecule has 1 unspecified atom stereocenters. The van der Waals surface area contributed by atoms with E-state index in [0.717, 1.165) is 25.1 Å². The molecule has 1 fully saturated rings. The van der Waals surface area contributed by atoms with Crippen molar-refractivity contribution in [3.05, 3.63) is 52.7 Å². The number of carbonyl (C=O) groups is 1. The van der Waals surface area contributed by atoms with Gasteiger partial charge in [-0.3, -0.25) is 0 Å². The summed E-state index contributed by atoms with van der Waals surface area (Å²) in [6.07, 6.45) is 2.26. The number of rotatable bonds is 5. The second kappa shape index (κ2) is 7.42. The lowest BCUT2D eigenvalue weighted by atomic mass is 10.2. The smallest absolute Gasteiger partial charge is 0.322 e. The van der Waals surface area contributed by atoms with Crippen LogP contribution in [0.5, 0.6) is 0 Å². The van der Waals surface area contributed by atoms with Gasteiger partial charge in [-0.05, 0) is 36.4 Å². The molecule has 1 aliphatic rings. The van der Waals surface area contributed by atoms with Gasteiger partial charge in [0.15, 0.2) is 0 Å². The van der Waals surface area contributed by atoms with E-state index in [2.05, 4.69) is 11.4 Å². The van der Waals surface area contributed by atoms with Gasteiger partial charge in [0.2, 0.25) is 0 Å². The minimum Gasteiger partial charge on any atom is -0.376 e. The molecule has 1 aromatic carbocycles. The zero-order chi connectivity index (χ0) is 15.2. The molecule has 4 nitrogen and oxygen atoms in total. The quantitative estimate of drug-likeness (QED) is 0.907. The molecule has 1 atom stereocenters. The number of nitrogens with one attached hydrogen (secondary N) is 1. The van der Waals surface area contributed by atoms with Crippen LogP contribution in [0.4, 0.5) is 10.5 Å². The molecule has 5 heteroatoms. The lowest BCUT2D eigenvalue weighted by Gasteiger charge is -2.25. The van der Waals surface area contributed by atoms with Gasteiger partial charge in [-0.15, -0.1) is 11.3 Å². The molecule has 3 rings (SSSR count). The zero-order valence-corrected chi connectivity index (χ0v) is 13.2. The van der Waals surface area contributed by atoms with Crippen molar-refractivity contribution in [1.29, 1.82) is 0 Å². The number of hydrogen-bond donors (Lipinski definition) is 1. The van der Waals surface area contributed by atoms with Crippen LogP contribution in [0.3, 0.4) is 0 Å². The minimum atomic E-state index is -0.0740. The molecule has 2 heterocycles. The average Bonchev–Trinajstić information content (AvgIpc) is 3.21. The Kier molecular flexibility index (Phi) is 5.08. The van der Waals surface area contributed by atoms with E-state index >= 15 is 0 Å². The number of carbonyl (C=O) groups excluding carboxylic acids is 1. The van der Waals surface area contributed by atoms with E-state index in [-0.39, 0.29) is 12.1 Å². The monoisotopic (exact) mass is 316 g/mol. The van der Waals surface area contributed by atoms with Crippen LogP contribution in [-0.4, -0.2) is 30.2 Å². The average molecular weight is 316 g/mol. The van der Waals surface area contributed by atoms with Gasteiger partial charge >= 0.3 is 6.03 Å². The van der Waals surface area contributed by atoms with Gasteiger partial charge < -0.3 is 15.0 Å². The van der Waals surface area contributed by atoms with Crippen LogP contribution in [0.15, 0.2) is 47.8 Å². The number of nitrogens with zero attached hydrogens (tertiary/aromatic N) is 1. The summed E-state index contributed by atoms with van der Waals surface area (Å²) in [6.45, 7) is 2.06. The van der Waals surface area contributed by atoms with E-state index in [1.807, 2.05) is 46.7 Å². The molecule has 22 heavy (non-hydrogen) atoms. The van der Waals surface area contributed by atoms with Crippen molar-refractivity contribution in [2.45, 2.75) is 25.5 Å². The lowest BCUT2D eigenvalue weighted by molar-refractivity contribution is 0.0821. The molecule has 0 radical (unpaired) electrons. The molecule has 1 saturated heterocycles. The maximum atomic E-state index is 12.6. The number of urea groups is 1. The van der Waals surface area contributed by atoms with Gasteiger partial charge in [0, 0.05) is 23.7 Å². The van der Waals surface area contributed by atoms with Gasteiger partial charge in [0.1, 0.15) is 0 Å². The topological polar surface area (TPSA) is 41.6 Å². The summed E-state index contributed by atoms with van der Waals surface area (Å²) < 4.78 is 5.68. The third kappa shape index (κ3) is 4.08. The van der Waals surface area contributed by atoms with E-state index in [1.165, 1.54) is 4.88 Å². The van der Waals surface area contributed by atoms with E-state index < -0.39 is 0 Å². The number of para-hydroxylation sites is 1. The summed E-state index contributed by atoms with van der Waals surface area (Å²) in [5, 5.41) is 5.00. The van der Waals surface area contributed by atoms with Crippen LogP contribution >= 0.6 is 11.3 Å². The highest BCUT2D eigenvalue weighted by Gasteiger charge is 2.23. The number of ether oxygens (including phenoxy) is 1. The van der Waals surface area contributed by atoms with Crippen molar-refractivity contribution >= 4 is 23.1 Å². The number of benzene rings is 1. The number of thiophene rings is 1. The molecule has 1 aliphatic heterocycles. The van der Waals surface area contributed by atoms with Gasteiger partial charge in [-0.2, -0.15) is 0 Å². The van der Waals surface area contributed by atoms with E-state index in [9.17, 15) is 4.79 Å². The van der Waals surface area contributed by atoms with Gasteiger partial charge in [0.05, 0.1) is 12.6 Å². The molecule has 116 valence electrons. The minimum absolute atomic E-state index is 0.0740. The summed E-state index contributed by atoms with van der Waals surface area (Å²) in [6, 6.07) is 13.6. The number of anilines is 1. The van der Waals surface area contributed by atoms with Crippen molar-refractivity contribution in [2.75, 3.05) is 18.5 Å². The Morgan fingerprint density at radius 2 is 2.14 bits per heavy atom. The Hall–Kier alpha value is -1.85. The predicted molar refractivity (Wildman–Crippen MR) is 89.2 cm³/mol. The van der Waals surface area contributed by atoms with Crippen molar-refractivity contribution < 1.29 is 9.53 Å². The molecular formula is C17H20N2O2S. The Bertz CT molecular complexity index is 580. The summed E-state index contributed by atoms with van der Waals surface area (Å²) >= 11 is 1.67. The van der Waals surface area contributed by atoms with Gasteiger partial charge in [-0.25, -0.2) is 4.79 Å².